The SMILES string of the molecule is CC(NC(=O)c1cc(N)n[nH]1)C1CCOCC1. The number of nitrogens with one attached hydrogen (secondary N) is 2. The third-order valence-corrected chi connectivity index (χ3v) is 3.17. The Bertz CT molecular complexity index is 385. The molecule has 6 heteroatoms. The number of rotatable bonds is 3. The van der Waals surface area contributed by atoms with Crippen LogP contribution in [0.1, 0.15) is 30.3 Å². The third kappa shape index (κ3) is 2.97. The number of nitrogens with two attached hydrogens (primary N) is 1. The van der Waals surface area contributed by atoms with Crippen molar-refractivity contribution in [1.29, 1.82) is 0 Å². The number of aromatic nitrogens is 2. The van der Waals surface area contributed by atoms with Crippen molar-refractivity contribution in [1.82, 2.24) is 15.5 Å². The Morgan fingerprint density at radius 2 is 2.35 bits per heavy atom. The standard InChI is InChI=1S/C11H18N4O2/c1-7(8-2-4-17-5-3-8)13-11(16)9-6-10(12)15-14-9/h6-8H,2-5H2,1H3,(H,13,16)(H3,12,14,15). The van der Waals surface area contributed by atoms with Crippen molar-refractivity contribution >= 4 is 11.7 Å². The van der Waals surface area contributed by atoms with Gasteiger partial charge < -0.3 is 15.8 Å². The minimum atomic E-state index is -0.159. The van der Waals surface area contributed by atoms with Crippen molar-refractivity contribution in [2.45, 2.75) is 25.8 Å². The van der Waals surface area contributed by atoms with Gasteiger partial charge >= 0.3 is 0 Å². The van der Waals surface area contributed by atoms with Gasteiger partial charge in [0.1, 0.15) is 11.5 Å². The monoisotopic (exact) mass is 238 g/mol. The van der Waals surface area contributed by atoms with Crippen LogP contribution in [-0.2, 0) is 4.74 Å². The van der Waals surface area contributed by atoms with E-state index < -0.39 is 0 Å². The van der Waals surface area contributed by atoms with E-state index in [0.29, 0.717) is 17.4 Å². The van der Waals surface area contributed by atoms with Gasteiger partial charge in [0.2, 0.25) is 0 Å². The van der Waals surface area contributed by atoms with Gasteiger partial charge in [0, 0.05) is 25.3 Å². The summed E-state index contributed by atoms with van der Waals surface area (Å²) in [5.41, 5.74) is 5.86. The first-order chi connectivity index (χ1) is 8.16. The Kier molecular flexibility index (Phi) is 3.63. The van der Waals surface area contributed by atoms with Crippen LogP contribution in [0.4, 0.5) is 5.82 Å². The van der Waals surface area contributed by atoms with Gasteiger partial charge in [-0.05, 0) is 25.7 Å². The summed E-state index contributed by atoms with van der Waals surface area (Å²) < 4.78 is 5.30. The first-order valence-electron chi connectivity index (χ1n) is 5.86. The number of hydrogen-bond acceptors (Lipinski definition) is 4. The molecule has 94 valence electrons. The summed E-state index contributed by atoms with van der Waals surface area (Å²) in [7, 11) is 0. The summed E-state index contributed by atoms with van der Waals surface area (Å²) in [5, 5.41) is 9.29. The second-order valence-corrected chi connectivity index (χ2v) is 4.42. The van der Waals surface area contributed by atoms with E-state index in [-0.39, 0.29) is 11.9 Å². The summed E-state index contributed by atoms with van der Waals surface area (Å²) in [6, 6.07) is 1.67. The lowest BCUT2D eigenvalue weighted by Gasteiger charge is -2.28. The zero-order valence-corrected chi connectivity index (χ0v) is 9.90. The van der Waals surface area contributed by atoms with Gasteiger partial charge in [0.15, 0.2) is 0 Å². The molecule has 1 aromatic heterocycles. The molecule has 1 saturated heterocycles. The minimum Gasteiger partial charge on any atom is -0.382 e. The van der Waals surface area contributed by atoms with Crippen molar-refractivity contribution in [3.63, 3.8) is 0 Å². The number of H-pyrrole nitrogens is 1. The quantitative estimate of drug-likeness (QED) is 0.716. The largest absolute Gasteiger partial charge is 0.382 e. The molecule has 0 bridgehead atoms. The van der Waals surface area contributed by atoms with Crippen LogP contribution in [0.2, 0.25) is 0 Å². The summed E-state index contributed by atoms with van der Waals surface area (Å²) >= 11 is 0. The lowest BCUT2D eigenvalue weighted by atomic mass is 9.93. The second-order valence-electron chi connectivity index (χ2n) is 4.42. The van der Waals surface area contributed by atoms with Crippen molar-refractivity contribution in [3.05, 3.63) is 11.8 Å². The fraction of sp³-hybridized carbons (Fsp3) is 0.636. The number of carbonyl (C=O) groups excluding carboxylic acids is 1. The van der Waals surface area contributed by atoms with Gasteiger partial charge in [0.05, 0.1) is 0 Å². The Hall–Kier alpha value is -1.56. The van der Waals surface area contributed by atoms with E-state index in [4.69, 9.17) is 10.5 Å². The topological polar surface area (TPSA) is 93.0 Å². The molecule has 0 aliphatic carbocycles. The normalized spacial score (nSPS) is 18.9. The maximum Gasteiger partial charge on any atom is 0.269 e. The number of amides is 1. The van der Waals surface area contributed by atoms with Crippen LogP contribution in [0.25, 0.3) is 0 Å². The number of nitrogens with zero attached hydrogens (tertiary/aromatic N) is 1. The number of carbonyl (C=O) groups is 1. The molecule has 17 heavy (non-hydrogen) atoms. The zero-order chi connectivity index (χ0) is 12.3. The van der Waals surface area contributed by atoms with Gasteiger partial charge in [-0.25, -0.2) is 0 Å². The molecule has 0 saturated carbocycles. The summed E-state index contributed by atoms with van der Waals surface area (Å²) in [5.74, 6) is 0.648. The highest BCUT2D eigenvalue weighted by Gasteiger charge is 2.22. The van der Waals surface area contributed by atoms with Gasteiger partial charge in [0.25, 0.3) is 5.91 Å². The van der Waals surface area contributed by atoms with Crippen LogP contribution in [0.5, 0.6) is 0 Å². The molecule has 4 N–H and O–H groups in total. The highest BCUT2D eigenvalue weighted by atomic mass is 16.5. The molecule has 2 rings (SSSR count). The maximum absolute atomic E-state index is 11.8. The molecule has 0 radical (unpaired) electrons. The minimum absolute atomic E-state index is 0.135. The Morgan fingerprint density at radius 3 is 2.94 bits per heavy atom. The molecule has 1 aliphatic rings. The molecule has 1 aromatic rings. The average Bonchev–Trinajstić information content (AvgIpc) is 2.77. The van der Waals surface area contributed by atoms with E-state index in [0.717, 1.165) is 26.1 Å². The van der Waals surface area contributed by atoms with Crippen LogP contribution >= 0.6 is 0 Å². The van der Waals surface area contributed by atoms with Crippen LogP contribution in [0.15, 0.2) is 6.07 Å². The molecule has 0 aromatic carbocycles. The molecule has 1 aliphatic heterocycles. The average molecular weight is 238 g/mol. The van der Waals surface area contributed by atoms with Gasteiger partial charge in [-0.3, -0.25) is 9.89 Å². The molecular formula is C11H18N4O2. The molecule has 1 fully saturated rings. The van der Waals surface area contributed by atoms with Crippen LogP contribution in [-0.4, -0.2) is 35.4 Å². The molecular weight excluding hydrogens is 220 g/mol. The van der Waals surface area contributed by atoms with Crippen molar-refractivity contribution in [3.8, 4) is 0 Å². The van der Waals surface area contributed by atoms with E-state index >= 15 is 0 Å². The molecule has 1 amide bonds. The number of hydrogen-bond donors (Lipinski definition) is 3. The van der Waals surface area contributed by atoms with Crippen molar-refractivity contribution in [2.75, 3.05) is 18.9 Å². The van der Waals surface area contributed by atoms with Gasteiger partial charge in [-0.15, -0.1) is 0 Å². The fourth-order valence-corrected chi connectivity index (χ4v) is 2.07. The predicted octanol–water partition coefficient (Wildman–Crippen LogP) is 0.537. The lowest BCUT2D eigenvalue weighted by Crippen LogP contribution is -2.40. The summed E-state index contributed by atoms with van der Waals surface area (Å²) in [6.45, 7) is 3.58. The number of aromatic amines is 1. The Labute approximate surface area is 99.9 Å². The van der Waals surface area contributed by atoms with Crippen molar-refractivity contribution < 1.29 is 9.53 Å². The first kappa shape index (κ1) is 11.9. The zero-order valence-electron chi connectivity index (χ0n) is 9.90. The smallest absolute Gasteiger partial charge is 0.269 e. The maximum atomic E-state index is 11.8. The first-order valence-corrected chi connectivity index (χ1v) is 5.86. The second kappa shape index (κ2) is 5.18. The molecule has 1 unspecified atom stereocenters. The lowest BCUT2D eigenvalue weighted by molar-refractivity contribution is 0.0537. The Morgan fingerprint density at radius 1 is 1.65 bits per heavy atom. The highest BCUT2D eigenvalue weighted by molar-refractivity contribution is 5.93. The Balaban J connectivity index is 1.89. The van der Waals surface area contributed by atoms with E-state index in [1.165, 1.54) is 6.07 Å². The van der Waals surface area contributed by atoms with Gasteiger partial charge in [-0.1, -0.05) is 0 Å². The third-order valence-electron chi connectivity index (χ3n) is 3.17. The number of nitrogen functional groups attached to an aromatic ring is 1. The number of anilines is 1. The summed E-state index contributed by atoms with van der Waals surface area (Å²) in [4.78, 5) is 11.8. The van der Waals surface area contributed by atoms with E-state index in [9.17, 15) is 4.79 Å². The van der Waals surface area contributed by atoms with Gasteiger partial charge in [-0.2, -0.15) is 5.10 Å². The highest BCUT2D eigenvalue weighted by Crippen LogP contribution is 2.18. The van der Waals surface area contributed by atoms with E-state index in [1.807, 2.05) is 6.92 Å². The van der Waals surface area contributed by atoms with E-state index in [2.05, 4.69) is 15.5 Å². The molecule has 1 atom stereocenters. The predicted molar refractivity (Wildman–Crippen MR) is 63.5 cm³/mol. The molecule has 0 spiro atoms. The van der Waals surface area contributed by atoms with E-state index in [1.54, 1.807) is 0 Å². The summed E-state index contributed by atoms with van der Waals surface area (Å²) in [6.07, 6.45) is 1.99. The van der Waals surface area contributed by atoms with Crippen molar-refractivity contribution in [2.24, 2.45) is 5.92 Å². The van der Waals surface area contributed by atoms with Crippen LogP contribution in [0.3, 0.4) is 0 Å². The molecule has 6 nitrogen and oxygen atoms in total. The fourth-order valence-electron chi connectivity index (χ4n) is 2.07. The number of ether oxygens (including phenoxy) is 1. The van der Waals surface area contributed by atoms with Crippen LogP contribution in [0, 0.1) is 5.92 Å². The van der Waals surface area contributed by atoms with Crippen LogP contribution < -0.4 is 11.1 Å². The molecule has 2 heterocycles.